The number of para-hydroxylation sites is 1. The molecule has 30 heavy (non-hydrogen) atoms. The average Bonchev–Trinajstić information content (AvgIpc) is 2.77. The normalized spacial score (nSPS) is 19.9. The van der Waals surface area contributed by atoms with Crippen molar-refractivity contribution in [1.29, 1.82) is 0 Å². The third kappa shape index (κ3) is 4.08. The monoisotopic (exact) mass is 446 g/mol. The van der Waals surface area contributed by atoms with Gasteiger partial charge in [0, 0.05) is 22.9 Å². The van der Waals surface area contributed by atoms with E-state index < -0.39 is 21.2 Å². The van der Waals surface area contributed by atoms with E-state index in [0.717, 1.165) is 26.7 Å². The maximum absolute atomic E-state index is 13.3. The molecule has 160 valence electrons. The van der Waals surface area contributed by atoms with Crippen LogP contribution in [0.4, 0.5) is 11.4 Å². The van der Waals surface area contributed by atoms with Crippen LogP contribution in [-0.4, -0.2) is 38.4 Å². The van der Waals surface area contributed by atoms with Gasteiger partial charge in [-0.05, 0) is 56.5 Å². The van der Waals surface area contributed by atoms with E-state index in [1.165, 1.54) is 4.31 Å². The van der Waals surface area contributed by atoms with E-state index >= 15 is 0 Å². The highest BCUT2D eigenvalue weighted by Crippen LogP contribution is 2.45. The van der Waals surface area contributed by atoms with Crippen molar-refractivity contribution in [2.24, 2.45) is 5.92 Å². The molecular weight excluding hydrogens is 420 g/mol. The predicted octanol–water partition coefficient (Wildman–Crippen LogP) is 4.56. The molecule has 0 aliphatic carbocycles. The molecular formula is C22H26N2O4S2. The SMILES string of the molecule is CCOC(=O)[C@@H]1CCCN(S(=O)(=O)C(C)c2ccc3c(c2)Nc2ccccc2S3)C1. The molecule has 0 aromatic heterocycles. The molecule has 8 heteroatoms. The number of sulfonamides is 1. The minimum atomic E-state index is -3.59. The number of fused-ring (bicyclic) bond motifs is 2. The van der Waals surface area contributed by atoms with Crippen molar-refractivity contribution < 1.29 is 17.9 Å². The van der Waals surface area contributed by atoms with E-state index in [-0.39, 0.29) is 12.5 Å². The van der Waals surface area contributed by atoms with Crippen LogP contribution < -0.4 is 5.32 Å². The molecule has 4 rings (SSSR count). The topological polar surface area (TPSA) is 75.7 Å². The second-order valence-corrected chi connectivity index (χ2v) is 11.0. The summed E-state index contributed by atoms with van der Waals surface area (Å²) in [6, 6.07) is 13.8. The zero-order chi connectivity index (χ0) is 21.3. The number of benzene rings is 2. The Kier molecular flexibility index (Phi) is 6.09. The van der Waals surface area contributed by atoms with E-state index in [1.54, 1.807) is 25.6 Å². The van der Waals surface area contributed by atoms with Crippen LogP contribution in [0.1, 0.15) is 37.5 Å². The lowest BCUT2D eigenvalue weighted by Gasteiger charge is -2.33. The van der Waals surface area contributed by atoms with Gasteiger partial charge in [0.25, 0.3) is 0 Å². The van der Waals surface area contributed by atoms with E-state index in [0.29, 0.717) is 26.0 Å². The Labute approximate surface area is 182 Å². The number of carbonyl (C=O) groups is 1. The standard InChI is InChI=1S/C22H26N2O4S2/c1-3-28-22(25)17-7-6-12-24(14-17)30(26,27)15(2)16-10-11-21-19(13-16)23-18-8-4-5-9-20(18)29-21/h4-5,8-11,13,15,17,23H,3,6-7,12,14H2,1-2H3/t15?,17-/m1/s1. The summed E-state index contributed by atoms with van der Waals surface area (Å²) in [4.78, 5) is 14.3. The van der Waals surface area contributed by atoms with Crippen molar-refractivity contribution in [3.8, 4) is 0 Å². The lowest BCUT2D eigenvalue weighted by molar-refractivity contribution is -0.149. The Hall–Kier alpha value is -2.03. The Bertz CT molecular complexity index is 1050. The lowest BCUT2D eigenvalue weighted by atomic mass is 10.0. The Morgan fingerprint density at radius 1 is 1.23 bits per heavy atom. The fraction of sp³-hybridized carbons (Fsp3) is 0.409. The summed E-state index contributed by atoms with van der Waals surface area (Å²) in [6.07, 6.45) is 1.33. The van der Waals surface area contributed by atoms with Gasteiger partial charge in [-0.15, -0.1) is 0 Å². The first kappa shape index (κ1) is 21.2. The zero-order valence-corrected chi connectivity index (χ0v) is 18.8. The van der Waals surface area contributed by atoms with E-state index in [2.05, 4.69) is 11.4 Å². The third-order valence-electron chi connectivity index (χ3n) is 5.66. The molecule has 0 amide bonds. The number of esters is 1. The van der Waals surface area contributed by atoms with Gasteiger partial charge in [0.2, 0.25) is 10.0 Å². The van der Waals surface area contributed by atoms with Gasteiger partial charge in [0.1, 0.15) is 0 Å². The largest absolute Gasteiger partial charge is 0.466 e. The molecule has 1 N–H and O–H groups in total. The fourth-order valence-corrected chi connectivity index (χ4v) is 6.61. The smallest absolute Gasteiger partial charge is 0.310 e. The van der Waals surface area contributed by atoms with Crippen molar-refractivity contribution in [2.75, 3.05) is 25.0 Å². The van der Waals surface area contributed by atoms with Gasteiger partial charge in [-0.1, -0.05) is 30.0 Å². The van der Waals surface area contributed by atoms with Gasteiger partial charge in [-0.3, -0.25) is 4.79 Å². The molecule has 2 atom stereocenters. The van der Waals surface area contributed by atoms with Gasteiger partial charge in [0.15, 0.2) is 0 Å². The summed E-state index contributed by atoms with van der Waals surface area (Å²) in [5, 5.41) is 2.71. The highest BCUT2D eigenvalue weighted by Gasteiger charge is 2.36. The van der Waals surface area contributed by atoms with Gasteiger partial charge >= 0.3 is 5.97 Å². The van der Waals surface area contributed by atoms with E-state index in [1.807, 2.05) is 36.4 Å². The van der Waals surface area contributed by atoms with Gasteiger partial charge in [-0.2, -0.15) is 0 Å². The molecule has 0 bridgehead atoms. The second kappa shape index (κ2) is 8.61. The first-order valence-electron chi connectivity index (χ1n) is 10.2. The summed E-state index contributed by atoms with van der Waals surface area (Å²) < 4.78 is 33.2. The fourth-order valence-electron chi connectivity index (χ4n) is 3.93. The van der Waals surface area contributed by atoms with Crippen LogP contribution in [-0.2, 0) is 19.6 Å². The number of nitrogens with one attached hydrogen (secondary N) is 1. The van der Waals surface area contributed by atoms with Crippen LogP contribution in [0.5, 0.6) is 0 Å². The summed E-state index contributed by atoms with van der Waals surface area (Å²) in [7, 11) is -3.59. The molecule has 2 aliphatic rings. The number of ether oxygens (including phenoxy) is 1. The minimum absolute atomic E-state index is 0.192. The molecule has 2 aliphatic heterocycles. The average molecular weight is 447 g/mol. The number of carbonyl (C=O) groups excluding carboxylic acids is 1. The molecule has 0 radical (unpaired) electrons. The molecule has 1 saturated heterocycles. The van der Waals surface area contributed by atoms with Crippen molar-refractivity contribution in [3.05, 3.63) is 48.0 Å². The van der Waals surface area contributed by atoms with Crippen LogP contribution >= 0.6 is 11.8 Å². The van der Waals surface area contributed by atoms with Crippen LogP contribution in [0, 0.1) is 5.92 Å². The quantitative estimate of drug-likeness (QED) is 0.579. The summed E-state index contributed by atoms with van der Waals surface area (Å²) in [5.74, 6) is -0.697. The van der Waals surface area contributed by atoms with Crippen molar-refractivity contribution in [1.82, 2.24) is 4.31 Å². The van der Waals surface area contributed by atoms with Gasteiger partial charge in [0.05, 0.1) is 29.1 Å². The highest BCUT2D eigenvalue weighted by atomic mass is 32.2. The van der Waals surface area contributed by atoms with Crippen LogP contribution in [0.2, 0.25) is 0 Å². The first-order valence-corrected chi connectivity index (χ1v) is 12.6. The number of anilines is 2. The number of piperidine rings is 1. The van der Waals surface area contributed by atoms with Crippen LogP contribution in [0.3, 0.4) is 0 Å². The van der Waals surface area contributed by atoms with Gasteiger partial charge in [-0.25, -0.2) is 12.7 Å². The molecule has 6 nitrogen and oxygen atoms in total. The third-order valence-corrected chi connectivity index (χ3v) is 9.03. The van der Waals surface area contributed by atoms with E-state index in [9.17, 15) is 13.2 Å². The second-order valence-electron chi connectivity index (χ2n) is 7.62. The highest BCUT2D eigenvalue weighted by molar-refractivity contribution is 7.99. The van der Waals surface area contributed by atoms with Gasteiger partial charge < -0.3 is 10.1 Å². The summed E-state index contributed by atoms with van der Waals surface area (Å²) in [5.41, 5.74) is 2.68. The Morgan fingerprint density at radius 3 is 2.80 bits per heavy atom. The van der Waals surface area contributed by atoms with Crippen LogP contribution in [0.25, 0.3) is 0 Å². The number of rotatable bonds is 5. The summed E-state index contributed by atoms with van der Waals surface area (Å²) in [6.45, 7) is 4.42. The first-order chi connectivity index (χ1) is 14.4. The van der Waals surface area contributed by atoms with Crippen molar-refractivity contribution >= 4 is 39.1 Å². The summed E-state index contributed by atoms with van der Waals surface area (Å²) >= 11 is 1.67. The van der Waals surface area contributed by atoms with Crippen LogP contribution in [0.15, 0.2) is 52.3 Å². The molecule has 2 aromatic rings. The maximum Gasteiger partial charge on any atom is 0.310 e. The lowest BCUT2D eigenvalue weighted by Crippen LogP contribution is -2.44. The molecule has 0 spiro atoms. The van der Waals surface area contributed by atoms with Crippen molar-refractivity contribution in [2.45, 2.75) is 41.7 Å². The molecule has 2 heterocycles. The number of hydrogen-bond acceptors (Lipinski definition) is 6. The predicted molar refractivity (Wildman–Crippen MR) is 119 cm³/mol. The maximum atomic E-state index is 13.3. The Morgan fingerprint density at radius 2 is 2.00 bits per heavy atom. The van der Waals surface area contributed by atoms with Crippen molar-refractivity contribution in [3.63, 3.8) is 0 Å². The number of hydrogen-bond donors (Lipinski definition) is 1. The Balaban J connectivity index is 1.54. The molecule has 1 unspecified atom stereocenters. The molecule has 0 saturated carbocycles. The number of nitrogens with zero attached hydrogens (tertiary/aromatic N) is 1. The molecule has 2 aromatic carbocycles. The minimum Gasteiger partial charge on any atom is -0.466 e. The zero-order valence-electron chi connectivity index (χ0n) is 17.1. The molecule has 1 fully saturated rings. The van der Waals surface area contributed by atoms with E-state index in [4.69, 9.17) is 4.74 Å².